The fourth-order valence-electron chi connectivity index (χ4n) is 4.68. The summed E-state index contributed by atoms with van der Waals surface area (Å²) in [4.78, 5) is 18.7. The maximum absolute atomic E-state index is 12.4. The third kappa shape index (κ3) is 4.03. The predicted octanol–water partition coefficient (Wildman–Crippen LogP) is 5.37. The van der Waals surface area contributed by atoms with E-state index < -0.39 is 0 Å². The summed E-state index contributed by atoms with van der Waals surface area (Å²) in [6, 6.07) is 10.8. The van der Waals surface area contributed by atoms with Crippen LogP contribution in [0.4, 0.5) is 0 Å². The molecule has 4 heteroatoms. The van der Waals surface area contributed by atoms with Crippen LogP contribution in [0.5, 0.6) is 0 Å². The van der Waals surface area contributed by atoms with E-state index >= 15 is 0 Å². The normalized spacial score (nSPS) is 25.8. The van der Waals surface area contributed by atoms with Crippen molar-refractivity contribution in [3.05, 3.63) is 53.3 Å². The molecule has 3 atom stereocenters. The first-order valence-corrected chi connectivity index (χ1v) is 10.5. The van der Waals surface area contributed by atoms with Crippen LogP contribution >= 0.6 is 11.6 Å². The fraction of sp³-hybridized carbons (Fsp3) is 0.478. The summed E-state index contributed by atoms with van der Waals surface area (Å²) < 4.78 is 0. The second-order valence-electron chi connectivity index (χ2n) is 8.16. The smallest absolute Gasteiger partial charge is 0.225 e. The number of hydrogen-bond acceptors (Lipinski definition) is 2. The van der Waals surface area contributed by atoms with Gasteiger partial charge in [-0.3, -0.25) is 9.78 Å². The fourth-order valence-corrected chi connectivity index (χ4v) is 4.94. The van der Waals surface area contributed by atoms with E-state index in [4.69, 9.17) is 11.6 Å². The van der Waals surface area contributed by atoms with Gasteiger partial charge in [0.15, 0.2) is 0 Å². The second kappa shape index (κ2) is 8.02. The Hall–Kier alpha value is -1.87. The monoisotopic (exact) mass is 382 g/mol. The lowest BCUT2D eigenvalue weighted by atomic mass is 9.81. The van der Waals surface area contributed by atoms with E-state index in [2.05, 4.69) is 41.1 Å². The minimum absolute atomic E-state index is 0.208. The van der Waals surface area contributed by atoms with Crippen LogP contribution in [0, 0.1) is 11.8 Å². The van der Waals surface area contributed by atoms with Gasteiger partial charge in [0.05, 0.1) is 0 Å². The number of benzene rings is 1. The molecule has 0 N–H and O–H groups in total. The van der Waals surface area contributed by atoms with Crippen LogP contribution in [0.15, 0.2) is 42.7 Å². The standard InChI is InChI=1S/C23H27ClN2O/c1-16-9-11-26(23(16)27)21-6-2-4-17(13-21)12-19-8-7-18(14-22(19)24)20-5-3-10-25-15-20/h3,5,7-8,10,14-17,21H,2,4,6,9,11-13H2,1H3. The molecule has 1 aliphatic heterocycles. The van der Waals surface area contributed by atoms with Gasteiger partial charge in [-0.2, -0.15) is 0 Å². The molecule has 1 saturated carbocycles. The van der Waals surface area contributed by atoms with E-state index in [1.54, 1.807) is 6.20 Å². The maximum Gasteiger partial charge on any atom is 0.225 e. The Kier molecular flexibility index (Phi) is 5.49. The first-order valence-electron chi connectivity index (χ1n) is 10.1. The minimum Gasteiger partial charge on any atom is -0.339 e. The first-order chi connectivity index (χ1) is 13.1. The molecule has 2 aliphatic rings. The molecule has 1 saturated heterocycles. The topological polar surface area (TPSA) is 33.2 Å². The van der Waals surface area contributed by atoms with Gasteiger partial charge in [-0.1, -0.05) is 43.1 Å². The number of pyridine rings is 1. The highest BCUT2D eigenvalue weighted by atomic mass is 35.5. The molecule has 1 aromatic heterocycles. The number of aromatic nitrogens is 1. The third-order valence-corrected chi connectivity index (χ3v) is 6.61. The van der Waals surface area contributed by atoms with Crippen LogP contribution in [0.25, 0.3) is 11.1 Å². The molecule has 2 fully saturated rings. The zero-order valence-electron chi connectivity index (χ0n) is 15.9. The number of rotatable bonds is 4. The van der Waals surface area contributed by atoms with Crippen LogP contribution in [0.3, 0.4) is 0 Å². The Balaban J connectivity index is 1.43. The number of hydrogen-bond donors (Lipinski definition) is 0. The van der Waals surface area contributed by atoms with Crippen molar-refractivity contribution < 1.29 is 4.79 Å². The van der Waals surface area contributed by atoms with E-state index in [1.807, 2.05) is 12.3 Å². The Bertz CT molecular complexity index is 807. The van der Waals surface area contributed by atoms with Crippen molar-refractivity contribution in [1.82, 2.24) is 9.88 Å². The summed E-state index contributed by atoms with van der Waals surface area (Å²) in [6.45, 7) is 3.00. The van der Waals surface area contributed by atoms with E-state index in [1.165, 1.54) is 18.4 Å². The van der Waals surface area contributed by atoms with Gasteiger partial charge in [-0.05, 0) is 61.3 Å². The Morgan fingerprint density at radius 1 is 1.19 bits per heavy atom. The summed E-state index contributed by atoms with van der Waals surface area (Å²) >= 11 is 6.62. The number of halogens is 1. The van der Waals surface area contributed by atoms with Crippen LogP contribution in [-0.4, -0.2) is 28.4 Å². The molecule has 0 radical (unpaired) electrons. The summed E-state index contributed by atoms with van der Waals surface area (Å²) in [5.41, 5.74) is 3.41. The average molecular weight is 383 g/mol. The molecule has 3 nitrogen and oxygen atoms in total. The van der Waals surface area contributed by atoms with Gasteiger partial charge in [0.25, 0.3) is 0 Å². The van der Waals surface area contributed by atoms with Crippen molar-refractivity contribution >= 4 is 17.5 Å². The lowest BCUT2D eigenvalue weighted by Crippen LogP contribution is -2.40. The molecular formula is C23H27ClN2O. The molecule has 0 bridgehead atoms. The molecule has 1 amide bonds. The number of carbonyl (C=O) groups excluding carboxylic acids is 1. The van der Waals surface area contributed by atoms with Gasteiger partial charge >= 0.3 is 0 Å². The quantitative estimate of drug-likeness (QED) is 0.712. The Labute approximate surface area is 166 Å². The van der Waals surface area contributed by atoms with Crippen LogP contribution in [-0.2, 0) is 11.2 Å². The van der Waals surface area contributed by atoms with Crippen LogP contribution in [0.2, 0.25) is 5.02 Å². The zero-order valence-corrected chi connectivity index (χ0v) is 16.7. The summed E-state index contributed by atoms with van der Waals surface area (Å²) in [6.07, 6.45) is 10.4. The lowest BCUT2D eigenvalue weighted by molar-refractivity contribution is -0.133. The average Bonchev–Trinajstić information content (AvgIpc) is 3.03. The van der Waals surface area contributed by atoms with Gasteiger partial charge in [0.1, 0.15) is 0 Å². The Morgan fingerprint density at radius 2 is 2.07 bits per heavy atom. The molecule has 1 aliphatic carbocycles. The zero-order chi connectivity index (χ0) is 18.8. The van der Waals surface area contributed by atoms with E-state index in [9.17, 15) is 4.79 Å². The molecular weight excluding hydrogens is 356 g/mol. The van der Waals surface area contributed by atoms with Gasteiger partial charge in [0.2, 0.25) is 5.91 Å². The highest BCUT2D eigenvalue weighted by Crippen LogP contribution is 2.35. The van der Waals surface area contributed by atoms with Gasteiger partial charge in [0, 0.05) is 41.5 Å². The highest BCUT2D eigenvalue weighted by Gasteiger charge is 2.35. The number of likely N-dealkylation sites (tertiary alicyclic amines) is 1. The number of nitrogens with zero attached hydrogens (tertiary/aromatic N) is 2. The largest absolute Gasteiger partial charge is 0.339 e. The number of amides is 1. The van der Waals surface area contributed by atoms with E-state index in [-0.39, 0.29) is 5.92 Å². The predicted molar refractivity (Wildman–Crippen MR) is 110 cm³/mol. The van der Waals surface area contributed by atoms with Crippen molar-refractivity contribution in [2.24, 2.45) is 11.8 Å². The molecule has 0 spiro atoms. The van der Waals surface area contributed by atoms with E-state index in [0.717, 1.165) is 48.4 Å². The number of carbonyl (C=O) groups is 1. The first kappa shape index (κ1) is 18.5. The van der Waals surface area contributed by atoms with Crippen molar-refractivity contribution in [2.75, 3.05) is 6.54 Å². The molecule has 142 valence electrons. The Morgan fingerprint density at radius 3 is 2.78 bits per heavy atom. The summed E-state index contributed by atoms with van der Waals surface area (Å²) in [5, 5.41) is 0.837. The van der Waals surface area contributed by atoms with Gasteiger partial charge in [-0.15, -0.1) is 0 Å². The van der Waals surface area contributed by atoms with Crippen molar-refractivity contribution in [3.8, 4) is 11.1 Å². The van der Waals surface area contributed by atoms with Crippen molar-refractivity contribution in [2.45, 2.75) is 51.5 Å². The summed E-state index contributed by atoms with van der Waals surface area (Å²) in [7, 11) is 0. The summed E-state index contributed by atoms with van der Waals surface area (Å²) in [5.74, 6) is 1.17. The lowest BCUT2D eigenvalue weighted by Gasteiger charge is -2.35. The molecule has 2 aromatic rings. The van der Waals surface area contributed by atoms with E-state index in [0.29, 0.717) is 17.9 Å². The molecule has 4 rings (SSSR count). The maximum atomic E-state index is 12.4. The minimum atomic E-state index is 0.208. The van der Waals surface area contributed by atoms with Crippen molar-refractivity contribution in [3.63, 3.8) is 0 Å². The van der Waals surface area contributed by atoms with Crippen molar-refractivity contribution in [1.29, 1.82) is 0 Å². The highest BCUT2D eigenvalue weighted by molar-refractivity contribution is 6.31. The molecule has 27 heavy (non-hydrogen) atoms. The SMILES string of the molecule is CC1CCN(C2CCCC(Cc3ccc(-c4cccnc4)cc3Cl)C2)C1=O. The van der Waals surface area contributed by atoms with Crippen LogP contribution in [0.1, 0.15) is 44.6 Å². The van der Waals surface area contributed by atoms with Gasteiger partial charge in [-0.25, -0.2) is 0 Å². The third-order valence-electron chi connectivity index (χ3n) is 6.26. The van der Waals surface area contributed by atoms with Gasteiger partial charge < -0.3 is 4.90 Å². The molecule has 3 unspecified atom stereocenters. The molecule has 2 heterocycles. The molecule has 1 aromatic carbocycles. The van der Waals surface area contributed by atoms with Crippen LogP contribution < -0.4 is 0 Å². The second-order valence-corrected chi connectivity index (χ2v) is 8.57.